The predicted molar refractivity (Wildman–Crippen MR) is 90.5 cm³/mol. The molecule has 4 nitrogen and oxygen atoms in total. The zero-order chi connectivity index (χ0) is 15.3. The van der Waals surface area contributed by atoms with Crippen LogP contribution in [-0.4, -0.2) is 19.7 Å². The van der Waals surface area contributed by atoms with Gasteiger partial charge in [0, 0.05) is 23.7 Å². The van der Waals surface area contributed by atoms with E-state index in [0.29, 0.717) is 4.77 Å². The minimum absolute atomic E-state index is 0.650. The Kier molecular flexibility index (Phi) is 3.11. The van der Waals surface area contributed by atoms with E-state index in [2.05, 4.69) is 35.3 Å². The smallest absolute Gasteiger partial charge is 0.195 e. The van der Waals surface area contributed by atoms with E-state index in [1.807, 2.05) is 11.6 Å². The Morgan fingerprint density at radius 2 is 2.05 bits per heavy atom. The zero-order valence-electron chi connectivity index (χ0n) is 12.8. The average Bonchev–Trinajstić information content (AvgIpc) is 2.85. The molecule has 0 atom stereocenters. The third-order valence-electron chi connectivity index (χ3n) is 4.60. The van der Waals surface area contributed by atoms with Gasteiger partial charge < -0.3 is 4.57 Å². The molecule has 3 aromatic rings. The molecule has 4 rings (SSSR count). The van der Waals surface area contributed by atoms with Crippen LogP contribution in [0.4, 0.5) is 0 Å². The van der Waals surface area contributed by atoms with E-state index in [1.54, 1.807) is 0 Å². The first-order valence-electron chi connectivity index (χ1n) is 7.69. The molecule has 0 radical (unpaired) electrons. The number of nitrogens with zero attached hydrogens (tertiary/aromatic N) is 3. The highest BCUT2D eigenvalue weighted by molar-refractivity contribution is 7.71. The molecule has 0 spiro atoms. The average molecular weight is 310 g/mol. The summed E-state index contributed by atoms with van der Waals surface area (Å²) >= 11 is 5.31. The van der Waals surface area contributed by atoms with Crippen LogP contribution in [0.3, 0.4) is 0 Å². The van der Waals surface area contributed by atoms with Crippen molar-refractivity contribution in [2.45, 2.75) is 32.6 Å². The highest BCUT2D eigenvalue weighted by atomic mass is 32.1. The first-order valence-corrected chi connectivity index (χ1v) is 8.10. The van der Waals surface area contributed by atoms with Crippen molar-refractivity contribution in [2.24, 2.45) is 7.05 Å². The molecule has 0 fully saturated rings. The number of benzene rings is 1. The van der Waals surface area contributed by atoms with Crippen molar-refractivity contribution < 1.29 is 0 Å². The summed E-state index contributed by atoms with van der Waals surface area (Å²) in [6, 6.07) is 6.37. The normalized spacial score (nSPS) is 14.3. The first kappa shape index (κ1) is 13.6. The molecule has 22 heavy (non-hydrogen) atoms. The van der Waals surface area contributed by atoms with E-state index >= 15 is 0 Å². The first-order chi connectivity index (χ1) is 10.7. The van der Waals surface area contributed by atoms with E-state index in [1.165, 1.54) is 40.6 Å². The number of rotatable bonds is 1. The summed E-state index contributed by atoms with van der Waals surface area (Å²) in [5.74, 6) is 0.918. The van der Waals surface area contributed by atoms with Gasteiger partial charge >= 0.3 is 0 Å². The fourth-order valence-corrected chi connectivity index (χ4v) is 3.55. The van der Waals surface area contributed by atoms with Gasteiger partial charge in [-0.25, -0.2) is 0 Å². The Balaban J connectivity index is 2.17. The molecule has 5 heteroatoms. The number of aromatic nitrogens is 4. The van der Waals surface area contributed by atoms with Gasteiger partial charge in [0.2, 0.25) is 0 Å². The van der Waals surface area contributed by atoms with Gasteiger partial charge in [-0.2, -0.15) is 5.10 Å². The Labute approximate surface area is 134 Å². The molecule has 2 heterocycles. The van der Waals surface area contributed by atoms with Gasteiger partial charge in [0.25, 0.3) is 0 Å². The van der Waals surface area contributed by atoms with E-state index in [4.69, 9.17) is 17.2 Å². The van der Waals surface area contributed by atoms with E-state index in [-0.39, 0.29) is 0 Å². The Hall–Kier alpha value is -2.01. The van der Waals surface area contributed by atoms with Gasteiger partial charge in [0.1, 0.15) is 0 Å². The molecule has 0 bridgehead atoms. The minimum Gasteiger partial charge on any atom is -0.303 e. The molecule has 2 aromatic heterocycles. The third-order valence-corrected chi connectivity index (χ3v) is 4.96. The molecule has 0 aliphatic heterocycles. The SMILES string of the molecule is Cc1cccc2c(-c3n[nH]c(=S)n3C)c3c(nc12)CCCC3. The number of H-pyrrole nitrogens is 1. The second-order valence-corrected chi connectivity index (χ2v) is 6.39. The van der Waals surface area contributed by atoms with Crippen molar-refractivity contribution in [3.05, 3.63) is 39.8 Å². The van der Waals surface area contributed by atoms with Crippen molar-refractivity contribution >= 4 is 23.1 Å². The lowest BCUT2D eigenvalue weighted by molar-refractivity contribution is 0.671. The van der Waals surface area contributed by atoms with Crippen LogP contribution in [0.15, 0.2) is 18.2 Å². The standard InChI is InChI=1S/C17H18N4S/c1-10-6-5-8-12-14(16-19-20-17(22)21(16)2)11-7-3-4-9-13(11)18-15(10)12/h5-6,8H,3-4,7,9H2,1-2H3,(H,20,22). The zero-order valence-corrected chi connectivity index (χ0v) is 13.6. The molecule has 1 aliphatic carbocycles. The van der Waals surface area contributed by atoms with E-state index in [0.717, 1.165) is 24.2 Å². The topological polar surface area (TPSA) is 46.5 Å². The van der Waals surface area contributed by atoms with E-state index < -0.39 is 0 Å². The van der Waals surface area contributed by atoms with Crippen LogP contribution in [0, 0.1) is 11.7 Å². The fourth-order valence-electron chi connectivity index (χ4n) is 3.41. The maximum Gasteiger partial charge on any atom is 0.195 e. The van der Waals surface area contributed by atoms with Crippen LogP contribution in [0.2, 0.25) is 0 Å². The van der Waals surface area contributed by atoms with Crippen molar-refractivity contribution in [3.63, 3.8) is 0 Å². The largest absolute Gasteiger partial charge is 0.303 e. The summed E-state index contributed by atoms with van der Waals surface area (Å²) < 4.78 is 2.61. The van der Waals surface area contributed by atoms with Gasteiger partial charge in [-0.1, -0.05) is 18.2 Å². The maximum atomic E-state index is 5.31. The Morgan fingerprint density at radius 1 is 1.23 bits per heavy atom. The molecule has 0 saturated carbocycles. The fraction of sp³-hybridized carbons (Fsp3) is 0.353. The monoisotopic (exact) mass is 310 g/mol. The van der Waals surface area contributed by atoms with Crippen molar-refractivity contribution in [2.75, 3.05) is 0 Å². The van der Waals surface area contributed by atoms with Crippen LogP contribution in [0.1, 0.15) is 29.7 Å². The molecular formula is C17H18N4S. The highest BCUT2D eigenvalue weighted by Gasteiger charge is 2.22. The molecule has 1 aliphatic rings. The van der Waals surface area contributed by atoms with Crippen LogP contribution >= 0.6 is 12.2 Å². The van der Waals surface area contributed by atoms with Crippen molar-refractivity contribution in [3.8, 4) is 11.4 Å². The molecule has 112 valence electrons. The van der Waals surface area contributed by atoms with Gasteiger partial charge in [-0.3, -0.25) is 10.1 Å². The molecule has 0 unspecified atom stereocenters. The van der Waals surface area contributed by atoms with Gasteiger partial charge in [-0.15, -0.1) is 0 Å². The quantitative estimate of drug-likeness (QED) is 0.694. The number of hydrogen-bond acceptors (Lipinski definition) is 3. The summed E-state index contributed by atoms with van der Waals surface area (Å²) in [7, 11) is 1.97. The van der Waals surface area contributed by atoms with Crippen molar-refractivity contribution in [1.29, 1.82) is 0 Å². The molecule has 0 saturated heterocycles. The summed E-state index contributed by atoms with van der Waals surface area (Å²) in [6.45, 7) is 2.12. The van der Waals surface area contributed by atoms with Gasteiger partial charge in [0.05, 0.1) is 5.52 Å². The second kappa shape index (κ2) is 5.02. The molecule has 0 amide bonds. The number of aromatic amines is 1. The third kappa shape index (κ3) is 1.92. The van der Waals surface area contributed by atoms with Crippen LogP contribution < -0.4 is 0 Å². The van der Waals surface area contributed by atoms with Crippen molar-refractivity contribution in [1.82, 2.24) is 19.7 Å². The van der Waals surface area contributed by atoms with Crippen LogP contribution in [0.5, 0.6) is 0 Å². The molecular weight excluding hydrogens is 292 g/mol. The summed E-state index contributed by atoms with van der Waals surface area (Å²) in [5.41, 5.74) is 6.09. The number of pyridine rings is 1. The summed E-state index contributed by atoms with van der Waals surface area (Å²) in [6.07, 6.45) is 4.56. The number of hydrogen-bond donors (Lipinski definition) is 1. The second-order valence-electron chi connectivity index (χ2n) is 6.00. The number of nitrogens with one attached hydrogen (secondary N) is 1. The maximum absolute atomic E-state index is 5.31. The number of fused-ring (bicyclic) bond motifs is 2. The molecule has 1 N–H and O–H groups in total. The van der Waals surface area contributed by atoms with E-state index in [9.17, 15) is 0 Å². The Morgan fingerprint density at radius 3 is 2.82 bits per heavy atom. The van der Waals surface area contributed by atoms with Gasteiger partial charge in [0.15, 0.2) is 10.6 Å². The lowest BCUT2D eigenvalue weighted by Gasteiger charge is -2.21. The molecule has 1 aromatic carbocycles. The van der Waals surface area contributed by atoms with Crippen LogP contribution in [-0.2, 0) is 19.9 Å². The number of para-hydroxylation sites is 1. The number of aryl methyl sites for hydroxylation is 2. The van der Waals surface area contributed by atoms with Gasteiger partial charge in [-0.05, 0) is 56.0 Å². The summed E-state index contributed by atoms with van der Waals surface area (Å²) in [5, 5.41) is 8.59. The lowest BCUT2D eigenvalue weighted by atomic mass is 9.89. The lowest BCUT2D eigenvalue weighted by Crippen LogP contribution is -2.10. The predicted octanol–water partition coefficient (Wildman–Crippen LogP) is 3.88. The van der Waals surface area contributed by atoms with Crippen LogP contribution in [0.25, 0.3) is 22.3 Å². The highest BCUT2D eigenvalue weighted by Crippen LogP contribution is 2.36. The Bertz CT molecular complexity index is 936. The minimum atomic E-state index is 0.650. The summed E-state index contributed by atoms with van der Waals surface area (Å²) in [4.78, 5) is 4.96.